The lowest BCUT2D eigenvalue weighted by atomic mass is 9.94. The first-order valence-corrected chi connectivity index (χ1v) is 8.24. The van der Waals surface area contributed by atoms with Gasteiger partial charge in [0.2, 0.25) is 0 Å². The number of aryl methyl sites for hydroxylation is 1. The van der Waals surface area contributed by atoms with E-state index < -0.39 is 6.10 Å². The SMILES string of the molecule is CCC(O)c1ccc2c(c1)CN(C(=O)c1cccc(C)c1)CC2. The molecule has 1 amide bonds. The summed E-state index contributed by atoms with van der Waals surface area (Å²) in [7, 11) is 0. The molecule has 2 aromatic carbocycles. The quantitative estimate of drug-likeness (QED) is 0.940. The molecule has 1 aliphatic rings. The number of aliphatic hydroxyl groups excluding tert-OH is 1. The molecule has 0 bridgehead atoms. The largest absolute Gasteiger partial charge is 0.388 e. The Morgan fingerprint density at radius 2 is 2.04 bits per heavy atom. The van der Waals surface area contributed by atoms with Gasteiger partial charge in [-0.15, -0.1) is 0 Å². The number of amides is 1. The number of fused-ring (bicyclic) bond motifs is 1. The van der Waals surface area contributed by atoms with Crippen LogP contribution in [0.15, 0.2) is 42.5 Å². The van der Waals surface area contributed by atoms with Crippen LogP contribution in [0.25, 0.3) is 0 Å². The standard InChI is InChI=1S/C20H23NO2/c1-3-19(22)16-8-7-15-9-10-21(13-18(15)12-16)20(23)17-6-4-5-14(2)11-17/h4-8,11-12,19,22H,3,9-10,13H2,1-2H3. The lowest BCUT2D eigenvalue weighted by Gasteiger charge is -2.29. The molecule has 1 unspecified atom stereocenters. The van der Waals surface area contributed by atoms with Gasteiger partial charge in [-0.25, -0.2) is 0 Å². The maximum Gasteiger partial charge on any atom is 0.254 e. The van der Waals surface area contributed by atoms with Gasteiger partial charge in [-0.2, -0.15) is 0 Å². The van der Waals surface area contributed by atoms with Crippen molar-refractivity contribution in [1.29, 1.82) is 0 Å². The summed E-state index contributed by atoms with van der Waals surface area (Å²) in [6.07, 6.45) is 1.14. The molecule has 0 aromatic heterocycles. The third kappa shape index (κ3) is 3.30. The topological polar surface area (TPSA) is 40.5 Å². The fourth-order valence-electron chi connectivity index (χ4n) is 3.15. The number of carbonyl (C=O) groups is 1. The monoisotopic (exact) mass is 309 g/mol. The average Bonchev–Trinajstić information content (AvgIpc) is 2.59. The van der Waals surface area contributed by atoms with E-state index in [1.807, 2.05) is 49.1 Å². The second-order valence-electron chi connectivity index (χ2n) is 6.30. The van der Waals surface area contributed by atoms with Gasteiger partial charge in [-0.3, -0.25) is 4.79 Å². The van der Waals surface area contributed by atoms with E-state index in [0.29, 0.717) is 13.0 Å². The molecule has 1 N–H and O–H groups in total. The predicted octanol–water partition coefficient (Wildman–Crippen LogP) is 3.64. The molecular formula is C20H23NO2. The molecule has 0 saturated carbocycles. The van der Waals surface area contributed by atoms with Crippen molar-refractivity contribution >= 4 is 5.91 Å². The van der Waals surface area contributed by atoms with Crippen LogP contribution in [0.5, 0.6) is 0 Å². The van der Waals surface area contributed by atoms with Crippen LogP contribution >= 0.6 is 0 Å². The minimum atomic E-state index is -0.428. The van der Waals surface area contributed by atoms with Gasteiger partial charge in [0, 0.05) is 18.7 Å². The van der Waals surface area contributed by atoms with Crippen molar-refractivity contribution in [2.45, 2.75) is 39.3 Å². The molecule has 0 spiro atoms. The third-order valence-corrected chi connectivity index (χ3v) is 4.57. The molecule has 0 fully saturated rings. The molecule has 0 saturated heterocycles. The first-order chi connectivity index (χ1) is 11.1. The Hall–Kier alpha value is -2.13. The van der Waals surface area contributed by atoms with Crippen LogP contribution in [0.3, 0.4) is 0 Å². The Labute approximate surface area is 137 Å². The Bertz CT molecular complexity index is 723. The Morgan fingerprint density at radius 3 is 2.78 bits per heavy atom. The summed E-state index contributed by atoms with van der Waals surface area (Å²) in [5, 5.41) is 10.0. The summed E-state index contributed by atoms with van der Waals surface area (Å²) in [6.45, 7) is 5.33. The molecule has 3 heteroatoms. The number of rotatable bonds is 3. The third-order valence-electron chi connectivity index (χ3n) is 4.57. The second-order valence-corrected chi connectivity index (χ2v) is 6.30. The highest BCUT2D eigenvalue weighted by Gasteiger charge is 2.22. The van der Waals surface area contributed by atoms with E-state index in [0.717, 1.165) is 35.2 Å². The number of hydrogen-bond donors (Lipinski definition) is 1. The van der Waals surface area contributed by atoms with E-state index in [4.69, 9.17) is 0 Å². The van der Waals surface area contributed by atoms with Gasteiger partial charge in [0.25, 0.3) is 5.91 Å². The number of nitrogens with zero attached hydrogens (tertiary/aromatic N) is 1. The molecule has 1 atom stereocenters. The summed E-state index contributed by atoms with van der Waals surface area (Å²) in [4.78, 5) is 14.6. The minimum Gasteiger partial charge on any atom is -0.388 e. The first kappa shape index (κ1) is 15.8. The molecule has 23 heavy (non-hydrogen) atoms. The summed E-state index contributed by atoms with van der Waals surface area (Å²) in [5.74, 6) is 0.0841. The minimum absolute atomic E-state index is 0.0841. The molecule has 3 nitrogen and oxygen atoms in total. The van der Waals surface area contributed by atoms with Crippen LogP contribution in [0.1, 0.15) is 52.1 Å². The van der Waals surface area contributed by atoms with Crippen molar-refractivity contribution < 1.29 is 9.90 Å². The van der Waals surface area contributed by atoms with Gasteiger partial charge in [0.15, 0.2) is 0 Å². The number of aliphatic hydroxyl groups is 1. The van der Waals surface area contributed by atoms with E-state index in [9.17, 15) is 9.90 Å². The lowest BCUT2D eigenvalue weighted by Crippen LogP contribution is -2.36. The lowest BCUT2D eigenvalue weighted by molar-refractivity contribution is 0.0734. The Balaban J connectivity index is 1.83. The van der Waals surface area contributed by atoms with E-state index >= 15 is 0 Å². The zero-order valence-corrected chi connectivity index (χ0v) is 13.7. The molecule has 0 aliphatic carbocycles. The molecular weight excluding hydrogens is 286 g/mol. The molecule has 1 heterocycles. The van der Waals surface area contributed by atoms with Crippen LogP contribution in [-0.4, -0.2) is 22.5 Å². The van der Waals surface area contributed by atoms with E-state index in [1.165, 1.54) is 5.56 Å². The van der Waals surface area contributed by atoms with Gasteiger partial charge in [0.1, 0.15) is 0 Å². The normalized spacial score (nSPS) is 15.2. The van der Waals surface area contributed by atoms with Gasteiger partial charge in [-0.1, -0.05) is 42.8 Å². The van der Waals surface area contributed by atoms with E-state index in [2.05, 4.69) is 12.1 Å². The summed E-state index contributed by atoms with van der Waals surface area (Å²) >= 11 is 0. The van der Waals surface area contributed by atoms with Crippen molar-refractivity contribution in [1.82, 2.24) is 4.90 Å². The van der Waals surface area contributed by atoms with Crippen molar-refractivity contribution in [3.8, 4) is 0 Å². The summed E-state index contributed by atoms with van der Waals surface area (Å²) in [5.41, 5.74) is 5.23. The van der Waals surface area contributed by atoms with E-state index in [1.54, 1.807) is 0 Å². The van der Waals surface area contributed by atoms with Gasteiger partial charge < -0.3 is 10.0 Å². The smallest absolute Gasteiger partial charge is 0.254 e. The first-order valence-electron chi connectivity index (χ1n) is 8.24. The second kappa shape index (κ2) is 6.55. The summed E-state index contributed by atoms with van der Waals surface area (Å²) in [6, 6.07) is 13.9. The van der Waals surface area contributed by atoms with Gasteiger partial charge >= 0.3 is 0 Å². The molecule has 0 radical (unpaired) electrons. The highest BCUT2D eigenvalue weighted by atomic mass is 16.3. The van der Waals surface area contributed by atoms with Crippen LogP contribution in [-0.2, 0) is 13.0 Å². The van der Waals surface area contributed by atoms with Crippen LogP contribution in [0.4, 0.5) is 0 Å². The Morgan fingerprint density at radius 1 is 1.22 bits per heavy atom. The maximum atomic E-state index is 12.7. The average molecular weight is 309 g/mol. The number of benzene rings is 2. The maximum absolute atomic E-state index is 12.7. The Kier molecular flexibility index (Phi) is 4.49. The molecule has 1 aliphatic heterocycles. The van der Waals surface area contributed by atoms with Crippen molar-refractivity contribution in [2.24, 2.45) is 0 Å². The highest BCUT2D eigenvalue weighted by Crippen LogP contribution is 2.25. The number of hydrogen-bond acceptors (Lipinski definition) is 2. The van der Waals surface area contributed by atoms with Crippen LogP contribution < -0.4 is 0 Å². The zero-order chi connectivity index (χ0) is 16.4. The molecule has 2 aromatic rings. The number of carbonyl (C=O) groups excluding carboxylic acids is 1. The van der Waals surface area contributed by atoms with Gasteiger partial charge in [-0.05, 0) is 48.6 Å². The fourth-order valence-corrected chi connectivity index (χ4v) is 3.15. The zero-order valence-electron chi connectivity index (χ0n) is 13.7. The fraction of sp³-hybridized carbons (Fsp3) is 0.350. The van der Waals surface area contributed by atoms with Crippen molar-refractivity contribution in [3.63, 3.8) is 0 Å². The van der Waals surface area contributed by atoms with E-state index in [-0.39, 0.29) is 5.91 Å². The van der Waals surface area contributed by atoms with Gasteiger partial charge in [0.05, 0.1) is 6.10 Å². The van der Waals surface area contributed by atoms with Crippen LogP contribution in [0.2, 0.25) is 0 Å². The predicted molar refractivity (Wildman–Crippen MR) is 91.3 cm³/mol. The molecule has 3 rings (SSSR count). The van der Waals surface area contributed by atoms with Crippen LogP contribution in [0, 0.1) is 6.92 Å². The van der Waals surface area contributed by atoms with Crippen molar-refractivity contribution in [3.05, 3.63) is 70.3 Å². The summed E-state index contributed by atoms with van der Waals surface area (Å²) < 4.78 is 0. The highest BCUT2D eigenvalue weighted by molar-refractivity contribution is 5.94. The van der Waals surface area contributed by atoms with Crippen molar-refractivity contribution in [2.75, 3.05) is 6.54 Å². The molecule has 120 valence electrons.